The van der Waals surface area contributed by atoms with Crippen molar-refractivity contribution in [2.45, 2.75) is 14.7 Å². The molecule has 0 spiro atoms. The molecular weight excluding hydrogens is 480 g/mol. The van der Waals surface area contributed by atoms with E-state index in [4.69, 9.17) is 11.6 Å². The lowest BCUT2D eigenvalue weighted by Crippen LogP contribution is -2.19. The summed E-state index contributed by atoms with van der Waals surface area (Å²) in [6.07, 6.45) is 0. The molecule has 1 aromatic heterocycles. The van der Waals surface area contributed by atoms with Gasteiger partial charge < -0.3 is 0 Å². The van der Waals surface area contributed by atoms with Crippen molar-refractivity contribution in [2.24, 2.45) is 14.1 Å². The van der Waals surface area contributed by atoms with E-state index in [-0.39, 0.29) is 11.4 Å². The Morgan fingerprint density at radius 1 is 0.906 bits per heavy atom. The first-order valence-corrected chi connectivity index (χ1v) is 11.9. The van der Waals surface area contributed by atoms with E-state index in [1.807, 2.05) is 0 Å². The van der Waals surface area contributed by atoms with Crippen molar-refractivity contribution in [3.63, 3.8) is 0 Å². The van der Waals surface area contributed by atoms with Crippen LogP contribution in [0.15, 0.2) is 74.1 Å². The predicted molar refractivity (Wildman–Crippen MR) is 121 cm³/mol. The molecular formula is C21H16ClF2N3O3S2. The molecule has 4 aromatic rings. The van der Waals surface area contributed by atoms with E-state index in [1.165, 1.54) is 27.0 Å². The van der Waals surface area contributed by atoms with Gasteiger partial charge in [-0.25, -0.2) is 22.0 Å². The highest BCUT2D eigenvalue weighted by Gasteiger charge is 2.21. The molecule has 0 bridgehead atoms. The first-order valence-electron chi connectivity index (χ1n) is 9.17. The summed E-state index contributed by atoms with van der Waals surface area (Å²) < 4.78 is 58.0. The molecule has 0 amide bonds. The van der Waals surface area contributed by atoms with E-state index in [1.54, 1.807) is 44.4 Å². The van der Waals surface area contributed by atoms with Crippen LogP contribution in [0.25, 0.3) is 11.0 Å². The number of sulfonamides is 1. The molecule has 1 N–H and O–H groups in total. The third-order valence-corrected chi connectivity index (χ3v) is 7.54. The number of hydrogen-bond donors (Lipinski definition) is 1. The topological polar surface area (TPSA) is 73.1 Å². The Labute approximate surface area is 191 Å². The minimum absolute atomic E-state index is 0.184. The Balaban J connectivity index is 1.85. The molecule has 0 saturated heterocycles. The quantitative estimate of drug-likeness (QED) is 0.433. The number of aromatic nitrogens is 2. The smallest absolute Gasteiger partial charge is 0.295 e. The molecule has 0 aliphatic carbocycles. The fraction of sp³-hybridized carbons (Fsp3) is 0.0952. The second-order valence-electron chi connectivity index (χ2n) is 6.98. The highest BCUT2D eigenvalue weighted by molar-refractivity contribution is 7.99. The lowest BCUT2D eigenvalue weighted by Gasteiger charge is -2.14. The van der Waals surface area contributed by atoms with E-state index in [0.717, 1.165) is 17.0 Å². The number of benzene rings is 3. The van der Waals surface area contributed by atoms with Crippen LogP contribution >= 0.6 is 23.4 Å². The van der Waals surface area contributed by atoms with Gasteiger partial charge in [0.25, 0.3) is 10.0 Å². The third-order valence-electron chi connectivity index (χ3n) is 4.86. The second-order valence-corrected chi connectivity index (χ2v) is 10.2. The van der Waals surface area contributed by atoms with Gasteiger partial charge in [0.1, 0.15) is 0 Å². The zero-order valence-electron chi connectivity index (χ0n) is 16.8. The highest BCUT2D eigenvalue weighted by Crippen LogP contribution is 2.37. The van der Waals surface area contributed by atoms with Gasteiger partial charge in [-0.2, -0.15) is 0 Å². The van der Waals surface area contributed by atoms with Gasteiger partial charge in [0.05, 0.1) is 21.6 Å². The van der Waals surface area contributed by atoms with Crippen LogP contribution in [0.2, 0.25) is 5.02 Å². The average molecular weight is 496 g/mol. The van der Waals surface area contributed by atoms with E-state index < -0.39 is 26.6 Å². The van der Waals surface area contributed by atoms with Crippen LogP contribution in [-0.2, 0) is 24.1 Å². The van der Waals surface area contributed by atoms with Gasteiger partial charge in [-0.05, 0) is 54.6 Å². The first-order chi connectivity index (χ1) is 15.1. The van der Waals surface area contributed by atoms with Crippen LogP contribution in [0.3, 0.4) is 0 Å². The number of rotatable bonds is 5. The van der Waals surface area contributed by atoms with Gasteiger partial charge in [0.15, 0.2) is 11.6 Å². The maximum absolute atomic E-state index is 13.6. The minimum atomic E-state index is -4.24. The zero-order chi connectivity index (χ0) is 23.2. The Kier molecular flexibility index (Phi) is 5.78. The molecule has 4 rings (SSSR count). The van der Waals surface area contributed by atoms with Gasteiger partial charge in [-0.1, -0.05) is 23.4 Å². The van der Waals surface area contributed by atoms with Gasteiger partial charge in [-0.15, -0.1) is 0 Å². The summed E-state index contributed by atoms with van der Waals surface area (Å²) in [6.45, 7) is 0. The maximum Gasteiger partial charge on any atom is 0.328 e. The molecule has 0 fully saturated rings. The summed E-state index contributed by atoms with van der Waals surface area (Å²) in [7, 11) is -1.05. The predicted octanol–water partition coefficient (Wildman–Crippen LogP) is 4.76. The lowest BCUT2D eigenvalue weighted by molar-refractivity contribution is 0.504. The number of aryl methyl sites for hydroxylation is 2. The summed E-state index contributed by atoms with van der Waals surface area (Å²) in [6, 6.07) is 12.5. The van der Waals surface area contributed by atoms with Gasteiger partial charge in [-0.3, -0.25) is 13.9 Å². The van der Waals surface area contributed by atoms with Crippen molar-refractivity contribution in [2.75, 3.05) is 4.72 Å². The zero-order valence-corrected chi connectivity index (χ0v) is 19.2. The summed E-state index contributed by atoms with van der Waals surface area (Å²) in [5, 5.41) is 0.550. The second kappa shape index (κ2) is 8.27. The minimum Gasteiger partial charge on any atom is -0.295 e. The molecule has 11 heteroatoms. The molecule has 0 aliphatic rings. The van der Waals surface area contributed by atoms with Crippen molar-refractivity contribution in [3.05, 3.63) is 81.7 Å². The first kappa shape index (κ1) is 22.4. The van der Waals surface area contributed by atoms with Gasteiger partial charge in [0, 0.05) is 28.9 Å². The van der Waals surface area contributed by atoms with E-state index in [2.05, 4.69) is 4.72 Å². The monoisotopic (exact) mass is 495 g/mol. The Morgan fingerprint density at radius 3 is 2.16 bits per heavy atom. The fourth-order valence-corrected chi connectivity index (χ4v) is 5.36. The lowest BCUT2D eigenvalue weighted by atomic mass is 10.3. The average Bonchev–Trinajstić information content (AvgIpc) is 2.95. The number of anilines is 1. The van der Waals surface area contributed by atoms with Gasteiger partial charge >= 0.3 is 5.69 Å². The number of nitrogens with zero attached hydrogens (tertiary/aromatic N) is 2. The van der Waals surface area contributed by atoms with E-state index >= 15 is 0 Å². The number of imidazole rings is 1. The van der Waals surface area contributed by atoms with Crippen molar-refractivity contribution in [3.8, 4) is 0 Å². The van der Waals surface area contributed by atoms with Crippen molar-refractivity contribution in [1.82, 2.24) is 9.13 Å². The highest BCUT2D eigenvalue weighted by atomic mass is 35.5. The number of halogens is 3. The molecule has 32 heavy (non-hydrogen) atoms. The molecule has 1 heterocycles. The van der Waals surface area contributed by atoms with Crippen molar-refractivity contribution in [1.29, 1.82) is 0 Å². The van der Waals surface area contributed by atoms with Gasteiger partial charge in [0.2, 0.25) is 0 Å². The Morgan fingerprint density at radius 2 is 1.53 bits per heavy atom. The van der Waals surface area contributed by atoms with Crippen LogP contribution in [-0.4, -0.2) is 17.6 Å². The number of hydrogen-bond acceptors (Lipinski definition) is 4. The van der Waals surface area contributed by atoms with Crippen LogP contribution in [0.1, 0.15) is 0 Å². The largest absolute Gasteiger partial charge is 0.328 e. The summed E-state index contributed by atoms with van der Waals surface area (Å²) in [5.41, 5.74) is 1.01. The normalized spacial score (nSPS) is 11.8. The molecule has 0 aliphatic heterocycles. The number of nitrogens with one attached hydrogen (secondary N) is 1. The molecule has 0 radical (unpaired) electrons. The fourth-order valence-electron chi connectivity index (χ4n) is 3.17. The molecule has 0 atom stereocenters. The molecule has 6 nitrogen and oxygen atoms in total. The van der Waals surface area contributed by atoms with E-state index in [9.17, 15) is 22.0 Å². The maximum atomic E-state index is 13.6. The molecule has 166 valence electrons. The van der Waals surface area contributed by atoms with Crippen LogP contribution in [0, 0.1) is 11.6 Å². The van der Waals surface area contributed by atoms with E-state index in [0.29, 0.717) is 27.0 Å². The Bertz CT molecular complexity index is 1510. The standard InChI is InChI=1S/C21H16ClF2N3O3S2/c1-26-18-10-17(25-32(29,30)14-7-8-15(23)16(24)9-14)20(11-19(18)27(2)21(26)28)31-13-5-3-12(22)4-6-13/h3-11,25H,1-2H3. The van der Waals surface area contributed by atoms with Crippen molar-refractivity contribution >= 4 is 50.1 Å². The van der Waals surface area contributed by atoms with Crippen LogP contribution in [0.4, 0.5) is 14.5 Å². The molecule has 0 unspecified atom stereocenters. The summed E-state index contributed by atoms with van der Waals surface area (Å²) in [4.78, 5) is 13.2. The van der Waals surface area contributed by atoms with Crippen molar-refractivity contribution < 1.29 is 17.2 Å². The third kappa shape index (κ3) is 4.13. The Hall–Kier alpha value is -2.82. The molecule has 3 aromatic carbocycles. The number of fused-ring (bicyclic) bond motifs is 1. The summed E-state index contributed by atoms with van der Waals surface area (Å²) in [5.74, 6) is -2.42. The SMILES string of the molecule is Cn1c(=O)n(C)c2cc(Sc3ccc(Cl)cc3)c(NS(=O)(=O)c3ccc(F)c(F)c3)cc21. The molecule has 0 saturated carbocycles. The van der Waals surface area contributed by atoms with Crippen LogP contribution < -0.4 is 10.4 Å². The summed E-state index contributed by atoms with van der Waals surface area (Å²) >= 11 is 7.20. The van der Waals surface area contributed by atoms with Crippen LogP contribution in [0.5, 0.6) is 0 Å².